The van der Waals surface area contributed by atoms with E-state index < -0.39 is 0 Å². The van der Waals surface area contributed by atoms with Crippen LogP contribution in [0.4, 0.5) is 0 Å². The van der Waals surface area contributed by atoms with Gasteiger partial charge in [0.1, 0.15) is 0 Å². The Morgan fingerprint density at radius 2 is 2.50 bits per heavy atom. The van der Waals surface area contributed by atoms with Gasteiger partial charge in [-0.2, -0.15) is 0 Å². The van der Waals surface area contributed by atoms with Crippen molar-refractivity contribution in [3.8, 4) is 0 Å². The summed E-state index contributed by atoms with van der Waals surface area (Å²) >= 11 is 5.86. The van der Waals surface area contributed by atoms with E-state index in [1.807, 2.05) is 12.3 Å². The van der Waals surface area contributed by atoms with E-state index in [1.54, 1.807) is 6.26 Å². The van der Waals surface area contributed by atoms with Crippen LogP contribution in [0.5, 0.6) is 0 Å². The fraction of sp³-hybridized carbons (Fsp3) is 0.400. The molecule has 1 unspecified atom stereocenters. The maximum absolute atomic E-state index is 5.86. The SMILES string of the molecule is CC1CC2=COC=CC2=C1CCl. The van der Waals surface area contributed by atoms with Gasteiger partial charge in [-0.05, 0) is 35.1 Å². The summed E-state index contributed by atoms with van der Waals surface area (Å²) in [7, 11) is 0. The standard InChI is InChI=1S/C10H11ClO/c1-7-4-8-6-12-3-2-9(8)10(7)5-11/h2-3,6-7H,4-5H2,1H3. The molecule has 1 aliphatic heterocycles. The minimum atomic E-state index is 0.579. The minimum absolute atomic E-state index is 0.579. The highest BCUT2D eigenvalue weighted by Crippen LogP contribution is 2.38. The number of hydrogen-bond donors (Lipinski definition) is 0. The van der Waals surface area contributed by atoms with Gasteiger partial charge in [0.25, 0.3) is 0 Å². The van der Waals surface area contributed by atoms with Gasteiger partial charge in [0.2, 0.25) is 0 Å². The van der Waals surface area contributed by atoms with Crippen LogP contribution in [0, 0.1) is 5.92 Å². The van der Waals surface area contributed by atoms with Crippen LogP contribution < -0.4 is 0 Å². The molecule has 1 aliphatic carbocycles. The van der Waals surface area contributed by atoms with Crippen molar-refractivity contribution in [3.63, 3.8) is 0 Å². The molecule has 0 aromatic carbocycles. The van der Waals surface area contributed by atoms with Crippen LogP contribution in [0.3, 0.4) is 0 Å². The molecule has 0 saturated carbocycles. The van der Waals surface area contributed by atoms with Gasteiger partial charge in [0, 0.05) is 5.88 Å². The number of ether oxygens (including phenoxy) is 1. The van der Waals surface area contributed by atoms with Crippen LogP contribution in [0.25, 0.3) is 0 Å². The maximum Gasteiger partial charge on any atom is 0.0939 e. The molecule has 1 nitrogen and oxygen atoms in total. The molecule has 2 rings (SSSR count). The van der Waals surface area contributed by atoms with Crippen molar-refractivity contribution in [1.29, 1.82) is 0 Å². The zero-order chi connectivity index (χ0) is 8.55. The van der Waals surface area contributed by atoms with Crippen molar-refractivity contribution in [2.24, 2.45) is 5.92 Å². The van der Waals surface area contributed by atoms with Gasteiger partial charge in [-0.1, -0.05) is 6.92 Å². The molecule has 1 atom stereocenters. The molecule has 0 radical (unpaired) electrons. The van der Waals surface area contributed by atoms with Crippen molar-refractivity contribution in [1.82, 2.24) is 0 Å². The average molecular weight is 183 g/mol. The monoisotopic (exact) mass is 182 g/mol. The van der Waals surface area contributed by atoms with Crippen LogP contribution in [0.15, 0.2) is 35.3 Å². The highest BCUT2D eigenvalue weighted by atomic mass is 35.5. The summed E-state index contributed by atoms with van der Waals surface area (Å²) in [5.41, 5.74) is 3.94. The topological polar surface area (TPSA) is 9.23 Å². The quantitative estimate of drug-likeness (QED) is 0.567. The van der Waals surface area contributed by atoms with E-state index in [1.165, 1.54) is 16.7 Å². The third kappa shape index (κ3) is 1.09. The smallest absolute Gasteiger partial charge is 0.0939 e. The number of halogens is 1. The van der Waals surface area contributed by atoms with Gasteiger partial charge in [-0.25, -0.2) is 0 Å². The van der Waals surface area contributed by atoms with Crippen LogP contribution in [-0.2, 0) is 4.74 Å². The number of fused-ring (bicyclic) bond motifs is 1. The van der Waals surface area contributed by atoms with Crippen LogP contribution in [-0.4, -0.2) is 5.88 Å². The lowest BCUT2D eigenvalue weighted by Crippen LogP contribution is -1.94. The molecule has 0 amide bonds. The molecule has 0 N–H and O–H groups in total. The van der Waals surface area contributed by atoms with Crippen molar-refractivity contribution in [2.75, 3.05) is 5.88 Å². The van der Waals surface area contributed by atoms with E-state index in [4.69, 9.17) is 16.3 Å². The number of allylic oxidation sites excluding steroid dienone is 4. The van der Waals surface area contributed by atoms with Gasteiger partial charge >= 0.3 is 0 Å². The molecule has 0 fully saturated rings. The Morgan fingerprint density at radius 1 is 1.67 bits per heavy atom. The predicted molar refractivity (Wildman–Crippen MR) is 49.8 cm³/mol. The number of alkyl halides is 1. The maximum atomic E-state index is 5.86. The Balaban J connectivity index is 2.41. The highest BCUT2D eigenvalue weighted by molar-refractivity contribution is 6.19. The van der Waals surface area contributed by atoms with Crippen molar-refractivity contribution < 1.29 is 4.74 Å². The van der Waals surface area contributed by atoms with Crippen LogP contribution in [0.1, 0.15) is 13.3 Å². The van der Waals surface area contributed by atoms with E-state index >= 15 is 0 Å². The third-order valence-corrected chi connectivity index (χ3v) is 2.77. The normalized spacial score (nSPS) is 26.8. The molecule has 0 aromatic heterocycles. The Kier molecular flexibility index (Phi) is 1.97. The zero-order valence-electron chi connectivity index (χ0n) is 7.01. The minimum Gasteiger partial charge on any atom is -0.472 e. The Bertz CT molecular complexity index is 286. The Morgan fingerprint density at radius 3 is 3.25 bits per heavy atom. The summed E-state index contributed by atoms with van der Waals surface area (Å²) in [4.78, 5) is 0. The van der Waals surface area contributed by atoms with Gasteiger partial charge in [0.05, 0.1) is 12.5 Å². The summed E-state index contributed by atoms with van der Waals surface area (Å²) in [6.07, 6.45) is 6.62. The van der Waals surface area contributed by atoms with Gasteiger partial charge < -0.3 is 4.74 Å². The van der Waals surface area contributed by atoms with Crippen molar-refractivity contribution in [3.05, 3.63) is 35.3 Å². The van der Waals surface area contributed by atoms with Crippen LogP contribution >= 0.6 is 11.6 Å². The molecule has 64 valence electrons. The second-order valence-electron chi connectivity index (χ2n) is 3.26. The van der Waals surface area contributed by atoms with E-state index in [0.717, 1.165) is 6.42 Å². The predicted octanol–water partition coefficient (Wildman–Crippen LogP) is 2.99. The molecule has 12 heavy (non-hydrogen) atoms. The second-order valence-corrected chi connectivity index (χ2v) is 3.53. The lowest BCUT2D eigenvalue weighted by Gasteiger charge is -2.06. The summed E-state index contributed by atoms with van der Waals surface area (Å²) < 4.78 is 5.10. The molecule has 2 heteroatoms. The summed E-state index contributed by atoms with van der Waals surface area (Å²) in [6, 6.07) is 0. The first-order valence-electron chi connectivity index (χ1n) is 4.13. The molecule has 0 bridgehead atoms. The van der Waals surface area contributed by atoms with Gasteiger partial charge in [0.15, 0.2) is 0 Å². The molecular formula is C10H11ClO. The first-order chi connectivity index (χ1) is 5.83. The van der Waals surface area contributed by atoms with Crippen molar-refractivity contribution in [2.45, 2.75) is 13.3 Å². The number of hydrogen-bond acceptors (Lipinski definition) is 1. The molecule has 2 aliphatic rings. The van der Waals surface area contributed by atoms with Gasteiger partial charge in [-0.3, -0.25) is 0 Å². The lowest BCUT2D eigenvalue weighted by molar-refractivity contribution is 0.392. The molecular weight excluding hydrogens is 172 g/mol. The Hall–Kier alpha value is -0.690. The molecule has 0 saturated heterocycles. The summed E-state index contributed by atoms with van der Waals surface area (Å²) in [5.74, 6) is 1.22. The first kappa shape index (κ1) is 7.93. The highest BCUT2D eigenvalue weighted by Gasteiger charge is 2.25. The molecule has 0 spiro atoms. The zero-order valence-corrected chi connectivity index (χ0v) is 7.77. The van der Waals surface area contributed by atoms with E-state index in [0.29, 0.717) is 11.8 Å². The van der Waals surface area contributed by atoms with Crippen LogP contribution in [0.2, 0.25) is 0 Å². The fourth-order valence-corrected chi connectivity index (χ4v) is 2.20. The van der Waals surface area contributed by atoms with E-state index in [2.05, 4.69) is 6.92 Å². The van der Waals surface area contributed by atoms with E-state index in [-0.39, 0.29) is 0 Å². The largest absolute Gasteiger partial charge is 0.472 e. The molecule has 1 heterocycles. The average Bonchev–Trinajstić information content (AvgIpc) is 2.40. The second kappa shape index (κ2) is 2.98. The van der Waals surface area contributed by atoms with E-state index in [9.17, 15) is 0 Å². The third-order valence-electron chi connectivity index (χ3n) is 2.48. The first-order valence-corrected chi connectivity index (χ1v) is 4.67. The number of rotatable bonds is 1. The summed E-state index contributed by atoms with van der Waals surface area (Å²) in [6.45, 7) is 2.21. The van der Waals surface area contributed by atoms with Gasteiger partial charge in [-0.15, -0.1) is 11.6 Å². The lowest BCUT2D eigenvalue weighted by atomic mass is 10.1. The Labute approximate surface area is 77.4 Å². The van der Waals surface area contributed by atoms with Crippen molar-refractivity contribution >= 4 is 11.6 Å². The fourth-order valence-electron chi connectivity index (χ4n) is 1.79. The molecule has 0 aromatic rings. The summed E-state index contributed by atoms with van der Waals surface area (Å²) in [5, 5.41) is 0.